The van der Waals surface area contributed by atoms with Crippen LogP contribution in [0.3, 0.4) is 0 Å². The predicted molar refractivity (Wildman–Crippen MR) is 194 cm³/mol. The molecule has 0 nitrogen and oxygen atoms in total. The van der Waals surface area contributed by atoms with Gasteiger partial charge in [-0.3, -0.25) is 0 Å². The lowest BCUT2D eigenvalue weighted by molar-refractivity contribution is 0.141. The third-order valence-electron chi connectivity index (χ3n) is 12.5. The summed E-state index contributed by atoms with van der Waals surface area (Å²) in [4.78, 5) is 0. The summed E-state index contributed by atoms with van der Waals surface area (Å²) in [6, 6.07) is 23.6. The molecule has 2 aromatic carbocycles. The molecule has 4 aliphatic rings. The van der Waals surface area contributed by atoms with E-state index in [2.05, 4.69) is 165 Å². The molecule has 0 spiro atoms. The average molecular weight is 599 g/mol. The Morgan fingerprint density at radius 1 is 0.622 bits per heavy atom. The van der Waals surface area contributed by atoms with Crippen LogP contribution in [0.4, 0.5) is 0 Å². The van der Waals surface area contributed by atoms with E-state index in [-0.39, 0.29) is 21.7 Å². The van der Waals surface area contributed by atoms with Gasteiger partial charge in [0.25, 0.3) is 0 Å². The molecule has 0 amide bonds. The van der Waals surface area contributed by atoms with E-state index in [1.807, 2.05) is 0 Å². The molecule has 0 aromatic heterocycles. The van der Waals surface area contributed by atoms with Crippen molar-refractivity contribution in [1.29, 1.82) is 0 Å². The maximum absolute atomic E-state index is 4.16. The second-order valence-corrected chi connectivity index (χ2v) is 17.6. The van der Waals surface area contributed by atoms with Gasteiger partial charge in [0.05, 0.1) is 0 Å². The fraction of sp³-hybridized carbons (Fsp3) is 0.511. The van der Waals surface area contributed by atoms with Crippen LogP contribution in [0.5, 0.6) is 0 Å². The summed E-state index contributed by atoms with van der Waals surface area (Å²) in [6.45, 7) is 23.5. The van der Waals surface area contributed by atoms with E-state index in [1.165, 1.54) is 41.5 Å². The van der Waals surface area contributed by atoms with Gasteiger partial charge in [-0.25, -0.2) is 0 Å². The Morgan fingerprint density at radius 2 is 1.07 bits per heavy atom. The van der Waals surface area contributed by atoms with Crippen molar-refractivity contribution in [2.75, 3.05) is 0 Å². The Hall–Kier alpha value is -2.86. The highest BCUT2D eigenvalue weighted by Gasteiger charge is 2.61. The molecule has 2 fully saturated rings. The van der Waals surface area contributed by atoms with Crippen molar-refractivity contribution < 1.29 is 0 Å². The van der Waals surface area contributed by atoms with Crippen molar-refractivity contribution in [2.24, 2.45) is 57.7 Å². The van der Waals surface area contributed by atoms with Gasteiger partial charge < -0.3 is 0 Å². The van der Waals surface area contributed by atoms with Crippen molar-refractivity contribution >= 4 is 0 Å². The van der Waals surface area contributed by atoms with Crippen molar-refractivity contribution in [1.82, 2.24) is 0 Å². The molecule has 0 bridgehead atoms. The Labute approximate surface area is 275 Å². The van der Waals surface area contributed by atoms with Gasteiger partial charge in [0.1, 0.15) is 0 Å². The summed E-state index contributed by atoms with van der Waals surface area (Å²) < 4.78 is 0. The summed E-state index contributed by atoms with van der Waals surface area (Å²) >= 11 is 0. The third kappa shape index (κ3) is 5.59. The van der Waals surface area contributed by atoms with E-state index in [0.717, 1.165) is 6.42 Å². The summed E-state index contributed by atoms with van der Waals surface area (Å²) in [5.74, 6) is 3.69. The standard InChI is InChI=1S/C45H58/c1-10-27-44(8,9)35-21-22-36(28-35)45(31-17-13-11-14-18-31,32-19-15-12-16-20-32)41-39-29-33(42(2,3)4)23-25-37(39)38-26-24-34(30-40(38)41)43(5,6)7/h10-20,23-26,29-30,35-41H,1,21-22,27-28H2,2-9H3. The highest BCUT2D eigenvalue weighted by molar-refractivity contribution is 5.48. The lowest BCUT2D eigenvalue weighted by Gasteiger charge is -2.50. The van der Waals surface area contributed by atoms with Crippen LogP contribution < -0.4 is 0 Å². The second-order valence-electron chi connectivity index (χ2n) is 17.6. The van der Waals surface area contributed by atoms with Gasteiger partial charge >= 0.3 is 0 Å². The molecule has 0 saturated heterocycles. The molecule has 45 heavy (non-hydrogen) atoms. The minimum absolute atomic E-state index is 0.0980. The van der Waals surface area contributed by atoms with Crippen LogP contribution in [0.2, 0.25) is 0 Å². The molecule has 0 N–H and O–H groups in total. The van der Waals surface area contributed by atoms with Crippen LogP contribution >= 0.6 is 0 Å². The average Bonchev–Trinajstić information content (AvgIpc) is 3.63. The third-order valence-corrected chi connectivity index (χ3v) is 12.5. The second kappa shape index (κ2) is 11.7. The summed E-state index contributed by atoms with van der Waals surface area (Å²) in [5.41, 5.74) is 6.46. The van der Waals surface area contributed by atoms with E-state index >= 15 is 0 Å². The normalized spacial score (nSPS) is 30.0. The van der Waals surface area contributed by atoms with E-state index in [0.29, 0.717) is 41.4 Å². The molecule has 6 rings (SSSR count). The fourth-order valence-corrected chi connectivity index (χ4v) is 10.1. The lowest BCUT2D eigenvalue weighted by atomic mass is 9.52. The largest absolute Gasteiger partial charge is 0.103 e. The summed E-state index contributed by atoms with van der Waals surface area (Å²) in [6.07, 6.45) is 22.8. The molecule has 2 saturated carbocycles. The van der Waals surface area contributed by atoms with E-state index in [1.54, 1.807) is 0 Å². The van der Waals surface area contributed by atoms with Gasteiger partial charge in [0.15, 0.2) is 0 Å². The molecule has 6 atom stereocenters. The topological polar surface area (TPSA) is 0 Å². The maximum atomic E-state index is 4.16. The zero-order valence-corrected chi connectivity index (χ0v) is 29.4. The van der Waals surface area contributed by atoms with Crippen molar-refractivity contribution in [3.8, 4) is 0 Å². The molecule has 0 heterocycles. The van der Waals surface area contributed by atoms with Gasteiger partial charge in [-0.15, -0.1) is 6.58 Å². The molecule has 6 unspecified atom stereocenters. The zero-order valence-electron chi connectivity index (χ0n) is 29.4. The van der Waals surface area contributed by atoms with Gasteiger partial charge in [0, 0.05) is 5.41 Å². The van der Waals surface area contributed by atoms with Crippen LogP contribution in [0, 0.1) is 57.7 Å². The first-order valence-corrected chi connectivity index (χ1v) is 17.8. The molecule has 2 aromatic rings. The van der Waals surface area contributed by atoms with Crippen molar-refractivity contribution in [3.05, 3.63) is 132 Å². The molecule has 0 heteroatoms. The van der Waals surface area contributed by atoms with Crippen LogP contribution in [-0.2, 0) is 5.41 Å². The maximum Gasteiger partial charge on any atom is 0.0270 e. The zero-order chi connectivity index (χ0) is 32.2. The Kier molecular flexibility index (Phi) is 8.37. The van der Waals surface area contributed by atoms with Crippen molar-refractivity contribution in [3.63, 3.8) is 0 Å². The van der Waals surface area contributed by atoms with Crippen molar-refractivity contribution in [2.45, 2.75) is 86.5 Å². The number of hydrogen-bond donors (Lipinski definition) is 0. The number of allylic oxidation sites excluding steroid dienone is 9. The molecule has 4 aliphatic carbocycles. The summed E-state index contributed by atoms with van der Waals surface area (Å²) in [5, 5.41) is 0. The molecule has 0 aliphatic heterocycles. The number of hydrogen-bond acceptors (Lipinski definition) is 0. The van der Waals surface area contributed by atoms with Crippen LogP contribution in [0.25, 0.3) is 0 Å². The Bertz CT molecular complexity index is 1390. The quantitative estimate of drug-likeness (QED) is 0.278. The van der Waals surface area contributed by atoms with Gasteiger partial charge in [-0.1, -0.05) is 159 Å². The van der Waals surface area contributed by atoms with Crippen LogP contribution in [0.15, 0.2) is 121 Å². The molecule has 238 valence electrons. The number of benzene rings is 2. The van der Waals surface area contributed by atoms with E-state index < -0.39 is 0 Å². The Morgan fingerprint density at radius 3 is 1.49 bits per heavy atom. The Balaban J connectivity index is 1.64. The smallest absolute Gasteiger partial charge is 0.0270 e. The van der Waals surface area contributed by atoms with Gasteiger partial charge in [-0.05, 0) is 106 Å². The van der Waals surface area contributed by atoms with Gasteiger partial charge in [-0.2, -0.15) is 0 Å². The first-order chi connectivity index (χ1) is 21.3. The minimum Gasteiger partial charge on any atom is -0.103 e. The highest BCUT2D eigenvalue weighted by Crippen LogP contribution is 2.66. The molecular weight excluding hydrogens is 540 g/mol. The van der Waals surface area contributed by atoms with E-state index in [4.69, 9.17) is 0 Å². The summed E-state index contributed by atoms with van der Waals surface area (Å²) in [7, 11) is 0. The van der Waals surface area contributed by atoms with Gasteiger partial charge in [0.2, 0.25) is 0 Å². The fourth-order valence-electron chi connectivity index (χ4n) is 10.1. The first kappa shape index (κ1) is 32.1. The number of rotatable bonds is 7. The predicted octanol–water partition coefficient (Wildman–Crippen LogP) is 12.2. The van der Waals surface area contributed by atoms with Crippen LogP contribution in [0.1, 0.15) is 92.2 Å². The van der Waals surface area contributed by atoms with Crippen LogP contribution in [-0.4, -0.2) is 0 Å². The molecular formula is C45H58. The highest BCUT2D eigenvalue weighted by atomic mass is 14.6. The first-order valence-electron chi connectivity index (χ1n) is 17.8. The molecule has 0 radical (unpaired) electrons. The minimum atomic E-state index is -0.0980. The lowest BCUT2D eigenvalue weighted by Crippen LogP contribution is -2.47. The van der Waals surface area contributed by atoms with E-state index in [9.17, 15) is 0 Å². The monoisotopic (exact) mass is 598 g/mol. The SMILES string of the molecule is C=CCC(C)(C)C1CCC(C(c2ccccc2)(c2ccccc2)C2C3C=C(C(C)(C)C)C=CC3C3C=CC(C(C)(C)C)=CC32)C1. The number of fused-ring (bicyclic) bond motifs is 3.